The van der Waals surface area contributed by atoms with E-state index in [0.717, 1.165) is 5.56 Å². The number of allylic oxidation sites excluding steroid dienone is 2. The highest BCUT2D eigenvalue weighted by molar-refractivity contribution is 9.09. The van der Waals surface area contributed by atoms with Gasteiger partial charge in [-0.1, -0.05) is 48.6 Å². The van der Waals surface area contributed by atoms with Gasteiger partial charge in [-0.05, 0) is 28.4 Å². The van der Waals surface area contributed by atoms with Gasteiger partial charge in [-0.3, -0.25) is 0 Å². The molecule has 0 unspecified atom stereocenters. The molecule has 0 saturated heterocycles. The van der Waals surface area contributed by atoms with Crippen LogP contribution in [-0.2, 0) is 9.53 Å². The highest BCUT2D eigenvalue weighted by Gasteiger charge is 1.99. The Morgan fingerprint density at radius 1 is 1.31 bits per heavy atom. The molecule has 0 aliphatic heterocycles. The summed E-state index contributed by atoms with van der Waals surface area (Å²) < 4.78 is 4.86. The number of ether oxygens (including phenoxy) is 1. The molecule has 0 aromatic heterocycles. The first-order valence-corrected chi connectivity index (χ1v) is 5.84. The third kappa shape index (κ3) is 5.51. The van der Waals surface area contributed by atoms with Crippen molar-refractivity contribution in [3.8, 4) is 0 Å². The predicted octanol–water partition coefficient (Wildman–Crippen LogP) is 3.54. The van der Waals surface area contributed by atoms with E-state index in [2.05, 4.69) is 15.9 Å². The zero-order valence-electron chi connectivity index (χ0n) is 8.97. The first-order chi connectivity index (χ1) is 7.68. The van der Waals surface area contributed by atoms with Crippen molar-refractivity contribution in [1.82, 2.24) is 0 Å². The number of hydrogen-bond acceptors (Lipinski definition) is 2. The molecule has 1 rings (SSSR count). The number of halogens is 1. The average molecular weight is 281 g/mol. The molecule has 1 aromatic rings. The number of hydrogen-bond donors (Lipinski definition) is 0. The summed E-state index contributed by atoms with van der Waals surface area (Å²) >= 11 is 3.13. The van der Waals surface area contributed by atoms with Crippen molar-refractivity contribution in [3.63, 3.8) is 0 Å². The van der Waals surface area contributed by atoms with Gasteiger partial charge in [0.1, 0.15) is 0 Å². The minimum atomic E-state index is -0.359. The molecule has 0 aliphatic carbocycles. The van der Waals surface area contributed by atoms with Gasteiger partial charge in [-0.15, -0.1) is 0 Å². The Morgan fingerprint density at radius 2 is 2.00 bits per heavy atom. The van der Waals surface area contributed by atoms with E-state index in [-0.39, 0.29) is 11.0 Å². The number of carbonyl (C=O) groups is 1. The molecule has 2 nitrogen and oxygen atoms in total. The van der Waals surface area contributed by atoms with Gasteiger partial charge in [0.15, 0.2) is 5.01 Å². The molecule has 3 heteroatoms. The Kier molecular flexibility index (Phi) is 5.57. The fourth-order valence-electron chi connectivity index (χ4n) is 1.06. The fourth-order valence-corrected chi connectivity index (χ4v) is 1.25. The van der Waals surface area contributed by atoms with Crippen LogP contribution in [0.5, 0.6) is 0 Å². The lowest BCUT2D eigenvalue weighted by Gasteiger charge is -2.01. The molecule has 0 heterocycles. The molecule has 0 aliphatic rings. The van der Waals surface area contributed by atoms with Gasteiger partial charge in [0.05, 0.1) is 0 Å². The second-order valence-electron chi connectivity index (χ2n) is 3.11. The number of carbonyl (C=O) groups excluding carboxylic acids is 1. The van der Waals surface area contributed by atoms with Gasteiger partial charge < -0.3 is 4.74 Å². The van der Waals surface area contributed by atoms with Gasteiger partial charge in [0, 0.05) is 6.08 Å². The van der Waals surface area contributed by atoms with Crippen molar-refractivity contribution in [2.24, 2.45) is 0 Å². The van der Waals surface area contributed by atoms with Gasteiger partial charge in [0.25, 0.3) is 0 Å². The van der Waals surface area contributed by atoms with Crippen LogP contribution in [0.15, 0.2) is 48.6 Å². The quantitative estimate of drug-likeness (QED) is 0.365. The Hall–Kier alpha value is -1.35. The number of benzene rings is 1. The SMILES string of the molecule is C[C@H](Br)OC(=O)/C=C\C=C\c1ccccc1. The molecule has 0 spiro atoms. The molecule has 1 atom stereocenters. The summed E-state index contributed by atoms with van der Waals surface area (Å²) in [5.74, 6) is -0.359. The Bertz CT molecular complexity index is 380. The molecule has 0 N–H and O–H groups in total. The number of rotatable bonds is 4. The minimum Gasteiger partial charge on any atom is -0.448 e. The lowest BCUT2D eigenvalue weighted by atomic mass is 10.2. The maximum atomic E-state index is 11.1. The predicted molar refractivity (Wildman–Crippen MR) is 69.1 cm³/mol. The van der Waals surface area contributed by atoms with Gasteiger partial charge in [-0.25, -0.2) is 4.79 Å². The van der Waals surface area contributed by atoms with E-state index in [1.165, 1.54) is 6.08 Å². The maximum Gasteiger partial charge on any atom is 0.331 e. The lowest BCUT2D eigenvalue weighted by Crippen LogP contribution is -2.05. The summed E-state index contributed by atoms with van der Waals surface area (Å²) in [6.07, 6.45) is 6.76. The summed E-state index contributed by atoms with van der Waals surface area (Å²) in [5.41, 5.74) is 1.09. The van der Waals surface area contributed by atoms with E-state index in [1.54, 1.807) is 19.1 Å². The Labute approximate surface area is 104 Å². The normalized spacial score (nSPS) is 13.1. The second kappa shape index (κ2) is 7.01. The third-order valence-corrected chi connectivity index (χ3v) is 1.90. The minimum absolute atomic E-state index is 0.261. The smallest absolute Gasteiger partial charge is 0.331 e. The molecule has 0 radical (unpaired) electrons. The van der Waals surface area contributed by atoms with Crippen LogP contribution >= 0.6 is 15.9 Å². The van der Waals surface area contributed by atoms with Crippen LogP contribution in [0.1, 0.15) is 12.5 Å². The molecular formula is C13H13BrO2. The van der Waals surface area contributed by atoms with E-state index < -0.39 is 0 Å². The van der Waals surface area contributed by atoms with Gasteiger partial charge >= 0.3 is 5.97 Å². The molecule has 84 valence electrons. The molecule has 0 bridgehead atoms. The number of esters is 1. The molecule has 0 amide bonds. The van der Waals surface area contributed by atoms with Crippen LogP contribution in [0.2, 0.25) is 0 Å². The van der Waals surface area contributed by atoms with Crippen LogP contribution in [0, 0.1) is 0 Å². The van der Waals surface area contributed by atoms with Gasteiger partial charge in [0.2, 0.25) is 0 Å². The topological polar surface area (TPSA) is 26.3 Å². The van der Waals surface area contributed by atoms with E-state index in [0.29, 0.717) is 0 Å². The molecule has 0 fully saturated rings. The fraction of sp³-hybridized carbons (Fsp3) is 0.154. The van der Waals surface area contributed by atoms with E-state index in [9.17, 15) is 4.79 Å². The van der Waals surface area contributed by atoms with Crippen molar-refractivity contribution in [2.45, 2.75) is 11.9 Å². The van der Waals surface area contributed by atoms with Crippen molar-refractivity contribution < 1.29 is 9.53 Å². The third-order valence-electron chi connectivity index (χ3n) is 1.71. The molecular weight excluding hydrogens is 268 g/mol. The van der Waals surface area contributed by atoms with Crippen LogP contribution in [0.3, 0.4) is 0 Å². The van der Waals surface area contributed by atoms with Crippen molar-refractivity contribution in [2.75, 3.05) is 0 Å². The largest absolute Gasteiger partial charge is 0.448 e. The van der Waals surface area contributed by atoms with Crippen molar-refractivity contribution in [3.05, 3.63) is 54.1 Å². The summed E-state index contributed by atoms with van der Waals surface area (Å²) in [4.78, 5) is 11.1. The Morgan fingerprint density at radius 3 is 2.62 bits per heavy atom. The zero-order valence-corrected chi connectivity index (χ0v) is 10.6. The highest BCUT2D eigenvalue weighted by Crippen LogP contribution is 2.02. The standard InChI is InChI=1S/C13H13BrO2/c1-11(14)16-13(15)10-6-5-9-12-7-3-2-4-8-12/h2-11H,1H3/b9-5+,10-6-/t11-/m1/s1. The lowest BCUT2D eigenvalue weighted by molar-refractivity contribution is -0.138. The summed E-state index contributed by atoms with van der Waals surface area (Å²) in [5, 5.41) is -0.261. The van der Waals surface area contributed by atoms with Crippen LogP contribution < -0.4 is 0 Å². The van der Waals surface area contributed by atoms with Crippen LogP contribution in [0.4, 0.5) is 0 Å². The van der Waals surface area contributed by atoms with Gasteiger partial charge in [-0.2, -0.15) is 0 Å². The first-order valence-electron chi connectivity index (χ1n) is 4.93. The van der Waals surface area contributed by atoms with Crippen LogP contribution in [-0.4, -0.2) is 11.0 Å². The Balaban J connectivity index is 2.42. The van der Waals surface area contributed by atoms with Crippen LogP contribution in [0.25, 0.3) is 6.08 Å². The summed E-state index contributed by atoms with van der Waals surface area (Å²) in [6.45, 7) is 1.74. The van der Waals surface area contributed by atoms with E-state index >= 15 is 0 Å². The second-order valence-corrected chi connectivity index (χ2v) is 4.40. The maximum absolute atomic E-state index is 11.1. The van der Waals surface area contributed by atoms with E-state index in [4.69, 9.17) is 4.74 Å². The average Bonchev–Trinajstić information content (AvgIpc) is 2.25. The van der Waals surface area contributed by atoms with E-state index in [1.807, 2.05) is 36.4 Å². The first kappa shape index (κ1) is 12.7. The highest BCUT2D eigenvalue weighted by atomic mass is 79.9. The zero-order chi connectivity index (χ0) is 11.8. The summed E-state index contributed by atoms with van der Waals surface area (Å²) in [7, 11) is 0. The monoisotopic (exact) mass is 280 g/mol. The molecule has 0 saturated carbocycles. The number of alkyl halides is 1. The molecule has 16 heavy (non-hydrogen) atoms. The molecule has 1 aromatic carbocycles. The van der Waals surface area contributed by atoms with Crippen molar-refractivity contribution in [1.29, 1.82) is 0 Å². The summed E-state index contributed by atoms with van der Waals surface area (Å²) in [6, 6.07) is 9.86. The van der Waals surface area contributed by atoms with Crippen molar-refractivity contribution >= 4 is 28.0 Å².